The van der Waals surface area contributed by atoms with E-state index in [1.54, 1.807) is 16.2 Å². The van der Waals surface area contributed by atoms with Crippen LogP contribution in [-0.2, 0) is 24.3 Å². The molecule has 0 bridgehead atoms. The van der Waals surface area contributed by atoms with E-state index in [4.69, 9.17) is 14.5 Å². The van der Waals surface area contributed by atoms with E-state index in [0.717, 1.165) is 33.6 Å². The summed E-state index contributed by atoms with van der Waals surface area (Å²) >= 11 is 0. The maximum absolute atomic E-state index is 13.7. The summed E-state index contributed by atoms with van der Waals surface area (Å²) in [7, 11) is 1.61. The van der Waals surface area contributed by atoms with Crippen LogP contribution >= 0.6 is 0 Å². The van der Waals surface area contributed by atoms with Gasteiger partial charge in [-0.2, -0.15) is 0 Å². The number of hydrogen-bond acceptors (Lipinski definition) is 5. The van der Waals surface area contributed by atoms with Crippen LogP contribution in [0.4, 0.5) is 5.69 Å². The lowest BCUT2D eigenvalue weighted by Gasteiger charge is -2.25. The van der Waals surface area contributed by atoms with Crippen molar-refractivity contribution in [3.63, 3.8) is 0 Å². The monoisotopic (exact) mass is 476 g/mol. The highest BCUT2D eigenvalue weighted by atomic mass is 16.5. The molecule has 0 unspecified atom stereocenters. The maximum atomic E-state index is 13.7. The normalized spacial score (nSPS) is 12.7. The molecule has 1 aliphatic heterocycles. The minimum Gasteiger partial charge on any atom is -0.493 e. The van der Waals surface area contributed by atoms with Crippen molar-refractivity contribution < 1.29 is 14.3 Å². The highest BCUT2D eigenvalue weighted by Crippen LogP contribution is 2.37. The lowest BCUT2D eigenvalue weighted by molar-refractivity contribution is -0.109. The van der Waals surface area contributed by atoms with Gasteiger partial charge < -0.3 is 14.8 Å². The van der Waals surface area contributed by atoms with Crippen LogP contribution in [0.1, 0.15) is 29.2 Å². The van der Waals surface area contributed by atoms with E-state index >= 15 is 0 Å². The predicted octanol–water partition coefficient (Wildman–Crippen LogP) is 3.18. The van der Waals surface area contributed by atoms with E-state index in [9.17, 15) is 9.59 Å². The van der Waals surface area contributed by atoms with Gasteiger partial charge in [0.2, 0.25) is 6.41 Å². The Kier molecular flexibility index (Phi) is 7.10. The quantitative estimate of drug-likeness (QED) is 0.400. The molecule has 35 heavy (non-hydrogen) atoms. The number of carbonyl (C=O) groups excluding carboxylic acids is 1. The minimum atomic E-state index is -0.158. The summed E-state index contributed by atoms with van der Waals surface area (Å²) in [6.07, 6.45) is 1.34. The molecule has 1 aliphatic rings. The fraction of sp³-hybridized carbons (Fsp3) is 0.370. The third-order valence-corrected chi connectivity index (χ3v) is 6.29. The number of aryl methyl sites for hydroxylation is 4. The third kappa shape index (κ3) is 4.73. The van der Waals surface area contributed by atoms with Crippen molar-refractivity contribution in [1.82, 2.24) is 14.5 Å². The predicted molar refractivity (Wildman–Crippen MR) is 135 cm³/mol. The van der Waals surface area contributed by atoms with E-state index in [1.165, 1.54) is 5.56 Å². The summed E-state index contributed by atoms with van der Waals surface area (Å²) in [6, 6.07) is 10.1. The smallest absolute Gasteiger partial charge is 0.330 e. The highest BCUT2D eigenvalue weighted by Gasteiger charge is 2.22. The second kappa shape index (κ2) is 10.2. The molecule has 4 rings (SSSR count). The van der Waals surface area contributed by atoms with Crippen LogP contribution in [0.25, 0.3) is 11.3 Å². The molecule has 0 atom stereocenters. The summed E-state index contributed by atoms with van der Waals surface area (Å²) in [4.78, 5) is 29.5. The number of ether oxygens (including phenoxy) is 2. The number of fused-ring (bicyclic) bond motifs is 3. The van der Waals surface area contributed by atoms with Crippen LogP contribution in [0.5, 0.6) is 11.5 Å². The van der Waals surface area contributed by atoms with Gasteiger partial charge in [-0.1, -0.05) is 17.7 Å². The number of methoxy groups -OCH3 is 1. The van der Waals surface area contributed by atoms with Crippen molar-refractivity contribution in [3.8, 4) is 22.8 Å². The molecule has 2 aromatic carbocycles. The standard InChI is InChI=1S/C27H32N4O4/c1-6-35-24-13-20-7-9-30-22(21(20)14-23(24)34-5)15-25(31(27(30)33)10-8-28-16-32)29-26-18(3)11-17(2)12-19(26)4/h11-16H,6-10H2,1-5H3,(H,28,32). The van der Waals surface area contributed by atoms with E-state index < -0.39 is 0 Å². The van der Waals surface area contributed by atoms with Crippen LogP contribution in [0.2, 0.25) is 0 Å². The van der Waals surface area contributed by atoms with Gasteiger partial charge in [0, 0.05) is 31.3 Å². The zero-order chi connectivity index (χ0) is 25.1. The second-order valence-electron chi connectivity index (χ2n) is 8.75. The molecule has 0 fully saturated rings. The summed E-state index contributed by atoms with van der Waals surface area (Å²) in [5.41, 5.74) is 7.31. The number of carbonyl (C=O) groups is 1. The van der Waals surface area contributed by atoms with Crippen LogP contribution in [0.15, 0.2) is 40.1 Å². The first-order chi connectivity index (χ1) is 16.9. The van der Waals surface area contributed by atoms with Gasteiger partial charge in [-0.05, 0) is 62.9 Å². The van der Waals surface area contributed by atoms with Gasteiger partial charge in [0.1, 0.15) is 5.49 Å². The number of nitrogens with one attached hydrogen (secondary N) is 1. The summed E-state index contributed by atoms with van der Waals surface area (Å²) in [6.45, 7) is 9.78. The molecule has 0 saturated heterocycles. The SMILES string of the molecule is CCOc1cc2c(cc1OC)-c1cc(=Nc3c(C)cc(C)cc3C)n(CCNC=O)c(=O)n1CC2. The van der Waals surface area contributed by atoms with Gasteiger partial charge in [-0.15, -0.1) is 0 Å². The highest BCUT2D eigenvalue weighted by molar-refractivity contribution is 5.70. The lowest BCUT2D eigenvalue weighted by Crippen LogP contribution is -2.43. The van der Waals surface area contributed by atoms with Crippen molar-refractivity contribution in [3.05, 3.63) is 68.6 Å². The average Bonchev–Trinajstić information content (AvgIpc) is 2.82. The van der Waals surface area contributed by atoms with Gasteiger partial charge in [0.25, 0.3) is 0 Å². The molecule has 1 N–H and O–H groups in total. The summed E-state index contributed by atoms with van der Waals surface area (Å²) in [5.74, 6) is 1.33. The van der Waals surface area contributed by atoms with Gasteiger partial charge in [0.05, 0.1) is 25.1 Å². The molecular weight excluding hydrogens is 444 g/mol. The molecular formula is C27H32N4O4. The van der Waals surface area contributed by atoms with Crippen molar-refractivity contribution >= 4 is 12.1 Å². The Morgan fingerprint density at radius 2 is 1.83 bits per heavy atom. The first kappa shape index (κ1) is 24.3. The molecule has 8 heteroatoms. The number of benzene rings is 2. The van der Waals surface area contributed by atoms with Crippen LogP contribution in [0, 0.1) is 20.8 Å². The van der Waals surface area contributed by atoms with Crippen LogP contribution in [-0.4, -0.2) is 35.8 Å². The Labute approximate surface area is 204 Å². The van der Waals surface area contributed by atoms with E-state index in [2.05, 4.69) is 24.4 Å². The summed E-state index contributed by atoms with van der Waals surface area (Å²) < 4.78 is 14.8. The first-order valence-corrected chi connectivity index (χ1v) is 11.9. The zero-order valence-electron chi connectivity index (χ0n) is 21.0. The average molecular weight is 477 g/mol. The summed E-state index contributed by atoms with van der Waals surface area (Å²) in [5, 5.41) is 2.65. The zero-order valence-corrected chi connectivity index (χ0v) is 21.0. The molecule has 0 spiro atoms. The third-order valence-electron chi connectivity index (χ3n) is 6.29. The van der Waals surface area contributed by atoms with E-state index in [-0.39, 0.29) is 5.69 Å². The van der Waals surface area contributed by atoms with E-state index in [1.807, 2.05) is 39.0 Å². The molecule has 2 heterocycles. The van der Waals surface area contributed by atoms with Crippen LogP contribution < -0.4 is 26.0 Å². The Morgan fingerprint density at radius 1 is 1.09 bits per heavy atom. The van der Waals surface area contributed by atoms with Gasteiger partial charge in [0.15, 0.2) is 11.5 Å². The molecule has 1 aromatic heterocycles. The Hall–Kier alpha value is -3.81. The molecule has 3 aromatic rings. The lowest BCUT2D eigenvalue weighted by atomic mass is 9.97. The molecule has 184 valence electrons. The molecule has 8 nitrogen and oxygen atoms in total. The van der Waals surface area contributed by atoms with Crippen molar-refractivity contribution in [2.45, 2.75) is 47.2 Å². The number of rotatable bonds is 8. The Morgan fingerprint density at radius 3 is 2.49 bits per heavy atom. The van der Waals surface area contributed by atoms with Gasteiger partial charge in [-0.25, -0.2) is 9.79 Å². The molecule has 0 aliphatic carbocycles. The van der Waals surface area contributed by atoms with Gasteiger partial charge >= 0.3 is 5.69 Å². The van der Waals surface area contributed by atoms with E-state index in [0.29, 0.717) is 56.1 Å². The Balaban J connectivity index is 1.98. The first-order valence-electron chi connectivity index (χ1n) is 11.9. The molecule has 1 amide bonds. The minimum absolute atomic E-state index is 0.158. The molecule has 0 radical (unpaired) electrons. The van der Waals surface area contributed by atoms with Crippen molar-refractivity contribution in [2.24, 2.45) is 4.99 Å². The largest absolute Gasteiger partial charge is 0.493 e. The van der Waals surface area contributed by atoms with Crippen molar-refractivity contribution in [1.29, 1.82) is 0 Å². The maximum Gasteiger partial charge on any atom is 0.330 e. The number of hydrogen-bond donors (Lipinski definition) is 1. The second-order valence-corrected chi connectivity index (χ2v) is 8.75. The topological polar surface area (TPSA) is 86.8 Å². The fourth-order valence-corrected chi connectivity index (χ4v) is 4.77. The number of aromatic nitrogens is 2. The van der Waals surface area contributed by atoms with Crippen molar-refractivity contribution in [2.75, 3.05) is 20.3 Å². The van der Waals surface area contributed by atoms with Crippen LogP contribution in [0.3, 0.4) is 0 Å². The fourth-order valence-electron chi connectivity index (χ4n) is 4.77. The van der Waals surface area contributed by atoms with Gasteiger partial charge in [-0.3, -0.25) is 13.9 Å². The number of amides is 1. The molecule has 0 saturated carbocycles. The Bertz CT molecular complexity index is 1380. The number of nitrogens with zero attached hydrogens (tertiary/aromatic N) is 3.